The summed E-state index contributed by atoms with van der Waals surface area (Å²) < 4.78 is 49.7. The number of rotatable bonds is 6. The zero-order chi connectivity index (χ0) is 22.9. The van der Waals surface area contributed by atoms with Crippen LogP contribution in [0, 0.1) is 12.7 Å². The van der Waals surface area contributed by atoms with Gasteiger partial charge in [-0.05, 0) is 71.7 Å². The van der Waals surface area contributed by atoms with Crippen LogP contribution in [0.2, 0.25) is 0 Å². The molecule has 4 rings (SSSR count). The van der Waals surface area contributed by atoms with Gasteiger partial charge in [0, 0.05) is 12.1 Å². The fourth-order valence-electron chi connectivity index (χ4n) is 4.25. The van der Waals surface area contributed by atoms with Gasteiger partial charge in [0.15, 0.2) is 0 Å². The van der Waals surface area contributed by atoms with E-state index in [4.69, 9.17) is 10.5 Å². The molecule has 0 bridgehead atoms. The van der Waals surface area contributed by atoms with E-state index in [0.717, 1.165) is 16.7 Å². The molecule has 1 heterocycles. The van der Waals surface area contributed by atoms with Crippen LogP contribution in [-0.2, 0) is 5.41 Å². The maximum absolute atomic E-state index is 14.6. The molecule has 0 spiro atoms. The molecule has 3 N–H and O–H groups in total. The quantitative estimate of drug-likeness (QED) is 0.560. The van der Waals surface area contributed by atoms with Crippen LogP contribution >= 0.6 is 0 Å². The molecule has 4 nitrogen and oxygen atoms in total. The number of halogens is 3. The highest BCUT2D eigenvalue weighted by molar-refractivity contribution is 5.68. The van der Waals surface area contributed by atoms with E-state index < -0.39 is 12.0 Å². The third-order valence-corrected chi connectivity index (χ3v) is 5.74. The summed E-state index contributed by atoms with van der Waals surface area (Å²) in [5.74, 6) is 0.793. The van der Waals surface area contributed by atoms with Gasteiger partial charge in [0.25, 0.3) is 0 Å². The predicted molar refractivity (Wildman–Crippen MR) is 117 cm³/mol. The molecule has 1 unspecified atom stereocenters. The summed E-state index contributed by atoms with van der Waals surface area (Å²) >= 11 is 0. The van der Waals surface area contributed by atoms with Crippen LogP contribution in [0.4, 0.5) is 13.2 Å². The van der Waals surface area contributed by atoms with Gasteiger partial charge in [-0.1, -0.05) is 24.3 Å². The van der Waals surface area contributed by atoms with Crippen LogP contribution in [0.5, 0.6) is 11.5 Å². The molecule has 7 heteroatoms. The van der Waals surface area contributed by atoms with Crippen molar-refractivity contribution in [2.75, 3.05) is 13.7 Å². The molecule has 32 heavy (non-hydrogen) atoms. The number of alkyl halides is 2. The average molecular weight is 440 g/mol. The summed E-state index contributed by atoms with van der Waals surface area (Å²) in [6.45, 7) is -0.588. The topological polar surface area (TPSA) is 56.5 Å². The maximum atomic E-state index is 14.6. The Bertz CT molecular complexity index is 1180. The summed E-state index contributed by atoms with van der Waals surface area (Å²) in [6, 6.07) is 17.0. The highest BCUT2D eigenvalue weighted by Crippen LogP contribution is 2.41. The highest BCUT2D eigenvalue weighted by Gasteiger charge is 2.38. The summed E-state index contributed by atoms with van der Waals surface area (Å²) in [5.41, 5.74) is 9.08. The second kappa shape index (κ2) is 8.49. The molecule has 0 aromatic heterocycles. The van der Waals surface area contributed by atoms with Crippen molar-refractivity contribution in [2.24, 2.45) is 5.73 Å². The van der Waals surface area contributed by atoms with Gasteiger partial charge in [0.1, 0.15) is 17.3 Å². The molecular formula is C25H23F3N2O2. The largest absolute Gasteiger partial charge is 0.497 e. The van der Waals surface area contributed by atoms with E-state index in [0.29, 0.717) is 29.2 Å². The monoisotopic (exact) mass is 440 g/mol. The zero-order valence-corrected chi connectivity index (χ0v) is 17.7. The van der Waals surface area contributed by atoms with E-state index in [1.54, 1.807) is 24.3 Å². The van der Waals surface area contributed by atoms with Gasteiger partial charge in [-0.3, -0.25) is 0 Å². The van der Waals surface area contributed by atoms with Crippen LogP contribution in [0.15, 0.2) is 72.6 Å². The van der Waals surface area contributed by atoms with Gasteiger partial charge in [0.05, 0.1) is 18.3 Å². The van der Waals surface area contributed by atoms with Crippen LogP contribution in [-0.4, -0.2) is 20.3 Å². The average Bonchev–Trinajstić information content (AvgIpc) is 3.16. The van der Waals surface area contributed by atoms with Crippen LogP contribution in [0.1, 0.15) is 16.7 Å². The smallest absolute Gasteiger partial charge is 0.387 e. The first-order valence-corrected chi connectivity index (χ1v) is 10.0. The minimum absolute atomic E-state index is 0.0894. The van der Waals surface area contributed by atoms with Crippen molar-refractivity contribution in [2.45, 2.75) is 19.0 Å². The first kappa shape index (κ1) is 21.6. The Labute approximate surface area is 184 Å². The van der Waals surface area contributed by atoms with Crippen molar-refractivity contribution in [1.29, 1.82) is 0 Å². The van der Waals surface area contributed by atoms with E-state index >= 15 is 0 Å². The Hall–Kier alpha value is -3.61. The first-order valence-electron chi connectivity index (χ1n) is 10.0. The van der Waals surface area contributed by atoms with Gasteiger partial charge in [-0.2, -0.15) is 8.78 Å². The lowest BCUT2D eigenvalue weighted by Crippen LogP contribution is -2.32. The third kappa shape index (κ3) is 3.98. The van der Waals surface area contributed by atoms with Gasteiger partial charge in [-0.25, -0.2) is 4.39 Å². The van der Waals surface area contributed by atoms with Crippen LogP contribution in [0.3, 0.4) is 0 Å². The zero-order valence-electron chi connectivity index (χ0n) is 17.7. The number of ether oxygens (including phenoxy) is 2. The molecule has 0 saturated carbocycles. The van der Waals surface area contributed by atoms with E-state index in [-0.39, 0.29) is 11.6 Å². The molecular weight excluding hydrogens is 417 g/mol. The number of nitrogens with one attached hydrogen (secondary N) is 1. The number of methoxy groups -OCH3 is 1. The van der Waals surface area contributed by atoms with Crippen molar-refractivity contribution in [3.05, 3.63) is 95.1 Å². The Morgan fingerprint density at radius 1 is 1.03 bits per heavy atom. The molecule has 0 aliphatic carbocycles. The number of benzene rings is 3. The molecule has 1 aliphatic heterocycles. The van der Waals surface area contributed by atoms with E-state index in [9.17, 15) is 13.2 Å². The fraction of sp³-hybridized carbons (Fsp3) is 0.200. The lowest BCUT2D eigenvalue weighted by atomic mass is 9.73. The van der Waals surface area contributed by atoms with Crippen molar-refractivity contribution in [3.63, 3.8) is 0 Å². The Kier molecular flexibility index (Phi) is 5.74. The third-order valence-electron chi connectivity index (χ3n) is 5.74. The normalized spacial score (nSPS) is 17.8. The maximum Gasteiger partial charge on any atom is 0.387 e. The Balaban J connectivity index is 1.84. The molecule has 1 aliphatic rings. The Morgan fingerprint density at radius 2 is 1.81 bits per heavy atom. The highest BCUT2D eigenvalue weighted by atomic mass is 19.3. The van der Waals surface area contributed by atoms with Gasteiger partial charge < -0.3 is 20.5 Å². The van der Waals surface area contributed by atoms with Crippen molar-refractivity contribution in [1.82, 2.24) is 5.32 Å². The van der Waals surface area contributed by atoms with Crippen molar-refractivity contribution in [3.8, 4) is 22.6 Å². The molecule has 1 atom stereocenters. The standard InChI is InChI=1S/C25H23F3N2O2/c1-15-10-19(32-24(27)28)6-8-21(15)25(13-23(29)30-14-25)17-5-3-4-16(11-17)20-12-18(31-2)7-9-22(20)26/h3-13,24,30H,14,29H2,1-2H3. The first-order chi connectivity index (χ1) is 15.3. The number of aryl methyl sites for hydroxylation is 1. The molecule has 0 saturated heterocycles. The van der Waals surface area contributed by atoms with Gasteiger partial charge in [0.2, 0.25) is 0 Å². The molecule has 0 amide bonds. The predicted octanol–water partition coefficient (Wildman–Crippen LogP) is 5.10. The van der Waals surface area contributed by atoms with Crippen molar-refractivity contribution < 1.29 is 22.6 Å². The second-order valence-corrected chi connectivity index (χ2v) is 7.71. The van der Waals surface area contributed by atoms with Crippen LogP contribution < -0.4 is 20.5 Å². The number of hydrogen-bond acceptors (Lipinski definition) is 4. The summed E-state index contributed by atoms with van der Waals surface area (Å²) in [5, 5.41) is 3.16. The van der Waals surface area contributed by atoms with Crippen molar-refractivity contribution >= 4 is 0 Å². The number of hydrogen-bond donors (Lipinski definition) is 2. The summed E-state index contributed by atoms with van der Waals surface area (Å²) in [7, 11) is 1.53. The van der Waals surface area contributed by atoms with Gasteiger partial charge >= 0.3 is 6.61 Å². The fourth-order valence-corrected chi connectivity index (χ4v) is 4.25. The van der Waals surface area contributed by atoms with Gasteiger partial charge in [-0.15, -0.1) is 0 Å². The van der Waals surface area contributed by atoms with E-state index in [1.807, 2.05) is 37.3 Å². The minimum atomic E-state index is -2.90. The number of nitrogens with two attached hydrogens (primary N) is 1. The summed E-state index contributed by atoms with van der Waals surface area (Å²) in [6.07, 6.45) is 1.91. The molecule has 3 aromatic carbocycles. The lowest BCUT2D eigenvalue weighted by Gasteiger charge is -2.30. The molecule has 0 radical (unpaired) electrons. The van der Waals surface area contributed by atoms with Crippen LogP contribution in [0.25, 0.3) is 11.1 Å². The molecule has 3 aromatic rings. The summed E-state index contributed by atoms with van der Waals surface area (Å²) in [4.78, 5) is 0. The molecule has 166 valence electrons. The second-order valence-electron chi connectivity index (χ2n) is 7.71. The van der Waals surface area contributed by atoms with E-state index in [2.05, 4.69) is 10.1 Å². The van der Waals surface area contributed by atoms with E-state index in [1.165, 1.54) is 19.2 Å². The Morgan fingerprint density at radius 3 is 2.47 bits per heavy atom. The lowest BCUT2D eigenvalue weighted by molar-refractivity contribution is -0.0498. The SMILES string of the molecule is COc1ccc(F)c(-c2cccc(C3(c4ccc(OC(F)F)cc4C)C=C(N)NC3)c2)c1. The molecule has 0 fully saturated rings. The minimum Gasteiger partial charge on any atom is -0.497 e.